The molecular weight excluding hydrogens is 176 g/mol. The molecule has 1 amide bonds. The molecule has 0 aromatic heterocycles. The maximum absolute atomic E-state index is 10.3. The van der Waals surface area contributed by atoms with Crippen molar-refractivity contribution in [1.29, 1.82) is 0 Å². The number of hydrogen-bond acceptors (Lipinski definition) is 2. The van der Waals surface area contributed by atoms with E-state index in [-0.39, 0.29) is 18.3 Å². The summed E-state index contributed by atoms with van der Waals surface area (Å²) in [6.07, 6.45) is 3.72. The van der Waals surface area contributed by atoms with Gasteiger partial charge in [0.15, 0.2) is 0 Å². The van der Waals surface area contributed by atoms with E-state index in [0.717, 1.165) is 25.8 Å². The van der Waals surface area contributed by atoms with Gasteiger partial charge in [0.2, 0.25) is 5.91 Å². The summed E-state index contributed by atoms with van der Waals surface area (Å²) in [5, 5.41) is 0. The Balaban J connectivity index is 0. The zero-order chi connectivity index (χ0) is 8.69. The number of primary amides is 1. The largest absolute Gasteiger partial charge is 0.370 e. The lowest BCUT2D eigenvalue weighted by Crippen LogP contribution is -2.13. The molecule has 0 heterocycles. The van der Waals surface area contributed by atoms with E-state index in [2.05, 4.69) is 4.90 Å². The summed E-state index contributed by atoms with van der Waals surface area (Å²) in [5.41, 5.74) is 4.99. The van der Waals surface area contributed by atoms with Crippen LogP contribution in [-0.4, -0.2) is 31.4 Å². The number of hydrogen-bond donors (Lipinski definition) is 1. The molecule has 0 bridgehead atoms. The third kappa shape index (κ3) is 12.4. The van der Waals surface area contributed by atoms with Crippen LogP contribution in [0.5, 0.6) is 0 Å². The zero-order valence-corrected chi connectivity index (χ0v) is 8.69. The molecule has 0 aliphatic carbocycles. The molecule has 0 unspecified atom stereocenters. The van der Waals surface area contributed by atoms with Crippen LogP contribution in [0.25, 0.3) is 0 Å². The summed E-state index contributed by atoms with van der Waals surface area (Å²) >= 11 is 0. The highest BCUT2D eigenvalue weighted by atomic mass is 35.5. The second kappa shape index (κ2) is 8.81. The molecule has 0 saturated carbocycles. The molecule has 74 valence electrons. The molecule has 0 spiro atoms. The fourth-order valence-corrected chi connectivity index (χ4v) is 0.904. The number of nitrogens with two attached hydrogens (primary N) is 1. The molecule has 4 heteroatoms. The number of halogens is 1. The standard InChI is InChI=1S/C8H18N2O.ClH/c1-10(2)7-5-3-4-6-8(9)11;/h3-7H2,1-2H3,(H2,9,11);1H. The first-order valence-corrected chi connectivity index (χ1v) is 4.06. The minimum Gasteiger partial charge on any atom is -0.370 e. The number of nitrogens with zero attached hydrogens (tertiary/aromatic N) is 1. The summed E-state index contributed by atoms with van der Waals surface area (Å²) in [6.45, 7) is 1.10. The maximum atomic E-state index is 10.3. The average molecular weight is 195 g/mol. The average Bonchev–Trinajstić information content (AvgIpc) is 1.85. The fourth-order valence-electron chi connectivity index (χ4n) is 0.904. The van der Waals surface area contributed by atoms with Crippen LogP contribution in [0.2, 0.25) is 0 Å². The van der Waals surface area contributed by atoms with Crippen molar-refractivity contribution in [2.75, 3.05) is 20.6 Å². The number of amides is 1. The van der Waals surface area contributed by atoms with Crippen molar-refractivity contribution in [2.45, 2.75) is 25.7 Å². The van der Waals surface area contributed by atoms with Gasteiger partial charge in [0.05, 0.1) is 0 Å². The molecule has 0 rings (SSSR count). The van der Waals surface area contributed by atoms with Crippen LogP contribution in [0, 0.1) is 0 Å². The van der Waals surface area contributed by atoms with Gasteiger partial charge >= 0.3 is 0 Å². The normalized spacial score (nSPS) is 9.58. The molecule has 0 radical (unpaired) electrons. The summed E-state index contributed by atoms with van der Waals surface area (Å²) in [5.74, 6) is -0.185. The van der Waals surface area contributed by atoms with E-state index in [1.165, 1.54) is 0 Å². The van der Waals surface area contributed by atoms with E-state index in [0.29, 0.717) is 6.42 Å². The lowest BCUT2D eigenvalue weighted by Gasteiger charge is -2.07. The topological polar surface area (TPSA) is 46.3 Å². The van der Waals surface area contributed by atoms with Crippen molar-refractivity contribution in [3.05, 3.63) is 0 Å². The summed E-state index contributed by atoms with van der Waals surface area (Å²) in [6, 6.07) is 0. The lowest BCUT2D eigenvalue weighted by atomic mass is 10.2. The van der Waals surface area contributed by atoms with Gasteiger partial charge in [-0.2, -0.15) is 0 Å². The third-order valence-corrected chi connectivity index (χ3v) is 1.53. The zero-order valence-electron chi connectivity index (χ0n) is 7.88. The van der Waals surface area contributed by atoms with Gasteiger partial charge in [-0.15, -0.1) is 12.4 Å². The van der Waals surface area contributed by atoms with Gasteiger partial charge in [-0.05, 0) is 33.5 Å². The molecule has 0 aromatic carbocycles. The Morgan fingerprint density at radius 1 is 1.25 bits per heavy atom. The van der Waals surface area contributed by atoms with Crippen molar-refractivity contribution in [1.82, 2.24) is 4.90 Å². The maximum Gasteiger partial charge on any atom is 0.217 e. The minimum absolute atomic E-state index is 0. The Kier molecular flexibility index (Phi) is 10.5. The predicted octanol–water partition coefficient (Wildman–Crippen LogP) is 1.02. The molecule has 0 saturated heterocycles. The molecule has 0 aromatic rings. The molecule has 2 N–H and O–H groups in total. The van der Waals surface area contributed by atoms with Crippen LogP contribution in [0.3, 0.4) is 0 Å². The van der Waals surface area contributed by atoms with Crippen LogP contribution < -0.4 is 5.73 Å². The van der Waals surface area contributed by atoms with E-state index >= 15 is 0 Å². The molecule has 0 aliphatic heterocycles. The van der Waals surface area contributed by atoms with Gasteiger partial charge in [-0.1, -0.05) is 6.42 Å². The Bertz CT molecular complexity index is 118. The summed E-state index contributed by atoms with van der Waals surface area (Å²) in [7, 11) is 4.10. The van der Waals surface area contributed by atoms with Crippen molar-refractivity contribution < 1.29 is 4.79 Å². The monoisotopic (exact) mass is 194 g/mol. The first-order chi connectivity index (χ1) is 5.13. The van der Waals surface area contributed by atoms with Gasteiger partial charge in [-0.3, -0.25) is 4.79 Å². The van der Waals surface area contributed by atoms with Crippen LogP contribution in [0.4, 0.5) is 0 Å². The summed E-state index contributed by atoms with van der Waals surface area (Å²) < 4.78 is 0. The number of unbranched alkanes of at least 4 members (excludes halogenated alkanes) is 2. The van der Waals surface area contributed by atoms with Gasteiger partial charge < -0.3 is 10.6 Å². The molecule has 0 aliphatic rings. The Morgan fingerprint density at radius 3 is 2.25 bits per heavy atom. The molecule has 0 atom stereocenters. The third-order valence-electron chi connectivity index (χ3n) is 1.53. The second-order valence-corrected chi connectivity index (χ2v) is 3.08. The smallest absolute Gasteiger partial charge is 0.217 e. The number of carbonyl (C=O) groups excluding carboxylic acids is 1. The van der Waals surface area contributed by atoms with E-state index in [9.17, 15) is 4.79 Å². The van der Waals surface area contributed by atoms with Gasteiger partial charge in [-0.25, -0.2) is 0 Å². The number of carbonyl (C=O) groups is 1. The minimum atomic E-state index is -0.185. The van der Waals surface area contributed by atoms with Crippen LogP contribution in [0.1, 0.15) is 25.7 Å². The SMILES string of the molecule is CN(C)CCCCCC(N)=O.Cl. The number of rotatable bonds is 6. The van der Waals surface area contributed by atoms with Crippen LogP contribution >= 0.6 is 12.4 Å². The fraction of sp³-hybridized carbons (Fsp3) is 0.875. The highest BCUT2D eigenvalue weighted by Crippen LogP contribution is 1.99. The second-order valence-electron chi connectivity index (χ2n) is 3.08. The molecule has 0 fully saturated rings. The predicted molar refractivity (Wildman–Crippen MR) is 53.5 cm³/mol. The molecular formula is C8H19ClN2O. The first kappa shape index (κ1) is 14.3. The Hall–Kier alpha value is -0.280. The van der Waals surface area contributed by atoms with Crippen molar-refractivity contribution in [3.8, 4) is 0 Å². The highest BCUT2D eigenvalue weighted by Gasteiger charge is 1.94. The van der Waals surface area contributed by atoms with Gasteiger partial charge in [0.25, 0.3) is 0 Å². The molecule has 12 heavy (non-hydrogen) atoms. The van der Waals surface area contributed by atoms with Crippen molar-refractivity contribution >= 4 is 18.3 Å². The Labute approximate surface area is 80.7 Å². The first-order valence-electron chi connectivity index (χ1n) is 4.06. The lowest BCUT2D eigenvalue weighted by molar-refractivity contribution is -0.118. The van der Waals surface area contributed by atoms with E-state index in [4.69, 9.17) is 5.73 Å². The van der Waals surface area contributed by atoms with Crippen molar-refractivity contribution in [3.63, 3.8) is 0 Å². The highest BCUT2D eigenvalue weighted by molar-refractivity contribution is 5.85. The van der Waals surface area contributed by atoms with E-state index < -0.39 is 0 Å². The summed E-state index contributed by atoms with van der Waals surface area (Å²) in [4.78, 5) is 12.5. The van der Waals surface area contributed by atoms with Gasteiger partial charge in [0, 0.05) is 6.42 Å². The van der Waals surface area contributed by atoms with Crippen LogP contribution in [0.15, 0.2) is 0 Å². The van der Waals surface area contributed by atoms with Gasteiger partial charge in [0.1, 0.15) is 0 Å². The molecule has 3 nitrogen and oxygen atoms in total. The van der Waals surface area contributed by atoms with E-state index in [1.54, 1.807) is 0 Å². The van der Waals surface area contributed by atoms with Crippen LogP contribution in [-0.2, 0) is 4.79 Å². The quantitative estimate of drug-likeness (QED) is 0.642. The Morgan fingerprint density at radius 2 is 1.83 bits per heavy atom. The van der Waals surface area contributed by atoms with Crippen molar-refractivity contribution in [2.24, 2.45) is 5.73 Å². The van der Waals surface area contributed by atoms with E-state index in [1.807, 2.05) is 14.1 Å².